The zero-order chi connectivity index (χ0) is 16.9. The van der Waals surface area contributed by atoms with Crippen LogP contribution in [0.2, 0.25) is 0 Å². The average molecular weight is 348 g/mol. The molecule has 0 amide bonds. The predicted molar refractivity (Wildman–Crippen MR) is 83.5 cm³/mol. The number of rotatable bonds is 7. The minimum Gasteiger partial charge on any atom is -0.385 e. The van der Waals surface area contributed by atoms with Gasteiger partial charge in [-0.25, -0.2) is 17.2 Å². The molecule has 0 N–H and O–H groups in total. The second-order valence-electron chi connectivity index (χ2n) is 5.54. The van der Waals surface area contributed by atoms with Crippen molar-refractivity contribution in [2.75, 3.05) is 45.6 Å². The maximum atomic E-state index is 13.7. The Hall–Kier alpha value is -1.09. The van der Waals surface area contributed by atoms with Crippen LogP contribution in [0.4, 0.5) is 8.78 Å². The van der Waals surface area contributed by atoms with Gasteiger partial charge in [-0.05, 0) is 18.6 Å². The number of halogens is 2. The van der Waals surface area contributed by atoms with Gasteiger partial charge in [0.2, 0.25) is 10.0 Å². The van der Waals surface area contributed by atoms with E-state index in [2.05, 4.69) is 0 Å². The third-order valence-electron chi connectivity index (χ3n) is 3.92. The standard InChI is InChI=1S/C15H22F2N2O3S/c1-22-10-3-11-23(20,21)19-8-6-18(7-9-19)12-13-14(16)4-2-5-15(13)17/h2,4-5H,3,6-12H2,1H3. The molecule has 5 nitrogen and oxygen atoms in total. The van der Waals surface area contributed by atoms with Crippen LogP contribution in [0.1, 0.15) is 12.0 Å². The van der Waals surface area contributed by atoms with Gasteiger partial charge < -0.3 is 4.74 Å². The Morgan fingerprint density at radius 1 is 1.13 bits per heavy atom. The first-order chi connectivity index (χ1) is 10.9. The molecule has 0 spiro atoms. The fraction of sp³-hybridized carbons (Fsp3) is 0.600. The molecule has 1 heterocycles. The Labute approximate surface area is 135 Å². The van der Waals surface area contributed by atoms with Crippen molar-refractivity contribution >= 4 is 10.0 Å². The SMILES string of the molecule is COCCCS(=O)(=O)N1CCN(Cc2c(F)cccc2F)CC1. The lowest BCUT2D eigenvalue weighted by atomic mass is 10.1. The van der Waals surface area contributed by atoms with Gasteiger partial charge in [-0.1, -0.05) is 6.07 Å². The van der Waals surface area contributed by atoms with Gasteiger partial charge in [0.05, 0.1) is 5.75 Å². The number of ether oxygens (including phenoxy) is 1. The van der Waals surface area contributed by atoms with E-state index in [1.165, 1.54) is 29.6 Å². The third kappa shape index (κ3) is 4.94. The van der Waals surface area contributed by atoms with Crippen LogP contribution < -0.4 is 0 Å². The van der Waals surface area contributed by atoms with Gasteiger partial charge in [-0.15, -0.1) is 0 Å². The lowest BCUT2D eigenvalue weighted by molar-refractivity contribution is 0.176. The first kappa shape index (κ1) is 18.3. The van der Waals surface area contributed by atoms with Crippen molar-refractivity contribution in [3.05, 3.63) is 35.4 Å². The van der Waals surface area contributed by atoms with Gasteiger partial charge in [0.15, 0.2) is 0 Å². The Kier molecular flexibility index (Phi) is 6.46. The van der Waals surface area contributed by atoms with E-state index in [0.717, 1.165) is 0 Å². The first-order valence-electron chi connectivity index (χ1n) is 7.56. The highest BCUT2D eigenvalue weighted by atomic mass is 32.2. The van der Waals surface area contributed by atoms with Crippen molar-refractivity contribution in [2.24, 2.45) is 0 Å². The molecular weight excluding hydrogens is 326 g/mol. The summed E-state index contributed by atoms with van der Waals surface area (Å²) in [6, 6.07) is 3.79. The number of piperazine rings is 1. The molecule has 0 aromatic heterocycles. The van der Waals surface area contributed by atoms with Crippen LogP contribution in [-0.2, 0) is 21.3 Å². The zero-order valence-corrected chi connectivity index (χ0v) is 14.0. The van der Waals surface area contributed by atoms with Gasteiger partial charge in [-0.2, -0.15) is 4.31 Å². The third-order valence-corrected chi connectivity index (χ3v) is 5.88. The maximum absolute atomic E-state index is 13.7. The molecule has 1 aliphatic heterocycles. The molecule has 1 aromatic carbocycles. The first-order valence-corrected chi connectivity index (χ1v) is 9.17. The zero-order valence-electron chi connectivity index (χ0n) is 13.2. The molecule has 130 valence electrons. The van der Waals surface area contributed by atoms with E-state index < -0.39 is 21.7 Å². The summed E-state index contributed by atoms with van der Waals surface area (Å²) in [7, 11) is -1.75. The van der Waals surface area contributed by atoms with E-state index in [4.69, 9.17) is 4.74 Å². The van der Waals surface area contributed by atoms with Gasteiger partial charge in [0.25, 0.3) is 0 Å². The lowest BCUT2D eigenvalue weighted by Crippen LogP contribution is -2.49. The Bertz CT molecular complexity index is 597. The number of hydrogen-bond donors (Lipinski definition) is 0. The second kappa shape index (κ2) is 8.14. The quantitative estimate of drug-likeness (QED) is 0.700. The van der Waals surface area contributed by atoms with Crippen molar-refractivity contribution in [1.82, 2.24) is 9.21 Å². The van der Waals surface area contributed by atoms with Gasteiger partial charge in [0.1, 0.15) is 11.6 Å². The fourth-order valence-corrected chi connectivity index (χ4v) is 4.05. The molecule has 0 aliphatic carbocycles. The Balaban J connectivity index is 1.89. The molecule has 1 saturated heterocycles. The summed E-state index contributed by atoms with van der Waals surface area (Å²) in [4.78, 5) is 1.86. The van der Waals surface area contributed by atoms with E-state index in [9.17, 15) is 17.2 Å². The maximum Gasteiger partial charge on any atom is 0.214 e. The van der Waals surface area contributed by atoms with Gasteiger partial charge in [-0.3, -0.25) is 4.90 Å². The number of methoxy groups -OCH3 is 1. The van der Waals surface area contributed by atoms with Gasteiger partial charge in [0, 0.05) is 52.0 Å². The monoisotopic (exact) mass is 348 g/mol. The van der Waals surface area contributed by atoms with E-state index in [1.807, 2.05) is 4.90 Å². The van der Waals surface area contributed by atoms with E-state index in [1.54, 1.807) is 0 Å². The van der Waals surface area contributed by atoms with Crippen LogP contribution in [-0.4, -0.2) is 63.3 Å². The second-order valence-corrected chi connectivity index (χ2v) is 7.63. The van der Waals surface area contributed by atoms with Crippen LogP contribution in [0.15, 0.2) is 18.2 Å². The number of nitrogens with zero attached hydrogens (tertiary/aromatic N) is 2. The van der Waals surface area contributed by atoms with E-state index in [-0.39, 0.29) is 17.9 Å². The molecule has 1 fully saturated rings. The summed E-state index contributed by atoms with van der Waals surface area (Å²) >= 11 is 0. The summed E-state index contributed by atoms with van der Waals surface area (Å²) in [5, 5.41) is 0. The van der Waals surface area contributed by atoms with Crippen molar-refractivity contribution < 1.29 is 21.9 Å². The van der Waals surface area contributed by atoms with Crippen LogP contribution >= 0.6 is 0 Å². The molecular formula is C15H22F2N2O3S. The van der Waals surface area contributed by atoms with E-state index >= 15 is 0 Å². The van der Waals surface area contributed by atoms with E-state index in [0.29, 0.717) is 39.2 Å². The lowest BCUT2D eigenvalue weighted by Gasteiger charge is -2.34. The van der Waals surface area contributed by atoms with Crippen molar-refractivity contribution in [3.8, 4) is 0 Å². The predicted octanol–water partition coefficient (Wildman–Crippen LogP) is 1.45. The van der Waals surface area contributed by atoms with Crippen molar-refractivity contribution in [3.63, 3.8) is 0 Å². The molecule has 0 radical (unpaired) electrons. The van der Waals surface area contributed by atoms with Crippen molar-refractivity contribution in [2.45, 2.75) is 13.0 Å². The summed E-state index contributed by atoms with van der Waals surface area (Å²) < 4.78 is 58.0. The summed E-state index contributed by atoms with van der Waals surface area (Å²) in [5.41, 5.74) is 0.0314. The highest BCUT2D eigenvalue weighted by Crippen LogP contribution is 2.17. The molecule has 0 atom stereocenters. The van der Waals surface area contributed by atoms with Gasteiger partial charge >= 0.3 is 0 Å². The van der Waals surface area contributed by atoms with Crippen LogP contribution in [0.5, 0.6) is 0 Å². The topological polar surface area (TPSA) is 49.9 Å². The number of sulfonamides is 1. The fourth-order valence-electron chi connectivity index (χ4n) is 2.59. The normalized spacial score (nSPS) is 17.5. The molecule has 1 aliphatic rings. The Morgan fingerprint density at radius 3 is 2.30 bits per heavy atom. The number of benzene rings is 1. The molecule has 8 heteroatoms. The smallest absolute Gasteiger partial charge is 0.214 e. The van der Waals surface area contributed by atoms with Crippen LogP contribution in [0, 0.1) is 11.6 Å². The molecule has 0 saturated carbocycles. The Morgan fingerprint density at radius 2 is 1.74 bits per heavy atom. The highest BCUT2D eigenvalue weighted by molar-refractivity contribution is 7.89. The van der Waals surface area contributed by atoms with Crippen LogP contribution in [0.25, 0.3) is 0 Å². The molecule has 1 aromatic rings. The summed E-state index contributed by atoms with van der Waals surface area (Å²) in [6.45, 7) is 2.15. The number of hydrogen-bond acceptors (Lipinski definition) is 4. The summed E-state index contributed by atoms with van der Waals surface area (Å²) in [6.07, 6.45) is 0.458. The van der Waals surface area contributed by atoms with Crippen molar-refractivity contribution in [1.29, 1.82) is 0 Å². The summed E-state index contributed by atoms with van der Waals surface area (Å²) in [5.74, 6) is -1.08. The molecule has 0 unspecified atom stereocenters. The molecule has 2 rings (SSSR count). The average Bonchev–Trinajstić information content (AvgIpc) is 2.52. The van der Waals surface area contributed by atoms with Crippen LogP contribution in [0.3, 0.4) is 0 Å². The highest BCUT2D eigenvalue weighted by Gasteiger charge is 2.27. The molecule has 0 bridgehead atoms. The minimum atomic E-state index is -3.29. The minimum absolute atomic E-state index is 0.0314. The largest absolute Gasteiger partial charge is 0.385 e. The molecule has 23 heavy (non-hydrogen) atoms.